The van der Waals surface area contributed by atoms with Crippen LogP contribution in [0.25, 0.3) is 0 Å². The van der Waals surface area contributed by atoms with Crippen molar-refractivity contribution < 1.29 is 14.3 Å². The maximum Gasteiger partial charge on any atom is 0.311 e. The van der Waals surface area contributed by atoms with Crippen LogP contribution < -0.4 is 0 Å². The van der Waals surface area contributed by atoms with Crippen molar-refractivity contribution in [2.75, 3.05) is 7.11 Å². The number of carbonyl (C=O) groups excluding carboxylic acids is 2. The molecule has 0 fully saturated rings. The van der Waals surface area contributed by atoms with Gasteiger partial charge in [0.25, 0.3) is 0 Å². The third-order valence-electron chi connectivity index (χ3n) is 2.07. The molecule has 0 spiro atoms. The van der Waals surface area contributed by atoms with Crippen LogP contribution in [0.2, 0.25) is 0 Å². The molecule has 0 aromatic carbocycles. The van der Waals surface area contributed by atoms with Crippen molar-refractivity contribution in [3.8, 4) is 0 Å². The molecule has 0 aliphatic heterocycles. The van der Waals surface area contributed by atoms with Crippen LogP contribution in [-0.4, -0.2) is 18.9 Å². The number of hydrogen-bond donors (Lipinski definition) is 0. The maximum atomic E-state index is 11.2. The number of ketones is 1. The first-order chi connectivity index (χ1) is 5.90. The first kappa shape index (κ1) is 12.1. The van der Waals surface area contributed by atoms with Gasteiger partial charge in [0.15, 0.2) is 0 Å². The van der Waals surface area contributed by atoms with Crippen molar-refractivity contribution in [1.82, 2.24) is 0 Å². The molecule has 0 bridgehead atoms. The molecule has 0 rings (SSSR count). The Kier molecular flexibility index (Phi) is 4.67. The lowest BCUT2D eigenvalue weighted by atomic mass is 9.87. The summed E-state index contributed by atoms with van der Waals surface area (Å²) in [5, 5.41) is 0. The zero-order valence-electron chi connectivity index (χ0n) is 8.85. The SMILES string of the molecule is COC(=O)C(C)(C)CCCC(C)=O. The summed E-state index contributed by atoms with van der Waals surface area (Å²) in [6.07, 6.45) is 1.98. The monoisotopic (exact) mass is 186 g/mol. The molecule has 0 amide bonds. The average Bonchev–Trinajstić information content (AvgIpc) is 2.01. The Morgan fingerprint density at radius 2 is 1.85 bits per heavy atom. The standard InChI is InChI=1S/C10H18O3/c1-8(11)6-5-7-10(2,3)9(12)13-4/h5-7H2,1-4H3. The van der Waals surface area contributed by atoms with Crippen molar-refractivity contribution in [2.45, 2.75) is 40.0 Å². The van der Waals surface area contributed by atoms with Gasteiger partial charge in [-0.15, -0.1) is 0 Å². The van der Waals surface area contributed by atoms with Crippen LogP contribution in [0.5, 0.6) is 0 Å². The third-order valence-corrected chi connectivity index (χ3v) is 2.07. The molecule has 0 heterocycles. The predicted octanol–water partition coefficient (Wildman–Crippen LogP) is 1.94. The summed E-state index contributed by atoms with van der Waals surface area (Å²) in [7, 11) is 1.38. The van der Waals surface area contributed by atoms with Gasteiger partial charge >= 0.3 is 5.97 Å². The molecule has 0 saturated heterocycles. The van der Waals surface area contributed by atoms with Crippen LogP contribution in [-0.2, 0) is 14.3 Å². The normalized spacial score (nSPS) is 11.1. The molecule has 3 nitrogen and oxygen atoms in total. The molecular weight excluding hydrogens is 168 g/mol. The van der Waals surface area contributed by atoms with Crippen LogP contribution in [0, 0.1) is 5.41 Å². The van der Waals surface area contributed by atoms with Crippen molar-refractivity contribution >= 4 is 11.8 Å². The first-order valence-corrected chi connectivity index (χ1v) is 4.48. The van der Waals surface area contributed by atoms with Crippen molar-refractivity contribution in [2.24, 2.45) is 5.41 Å². The van der Waals surface area contributed by atoms with Crippen LogP contribution in [0.15, 0.2) is 0 Å². The van der Waals surface area contributed by atoms with Crippen LogP contribution >= 0.6 is 0 Å². The zero-order chi connectivity index (χ0) is 10.5. The topological polar surface area (TPSA) is 43.4 Å². The minimum atomic E-state index is -0.468. The van der Waals surface area contributed by atoms with Crippen LogP contribution in [0.1, 0.15) is 40.0 Å². The van der Waals surface area contributed by atoms with Gasteiger partial charge in [0.1, 0.15) is 5.78 Å². The average molecular weight is 186 g/mol. The van der Waals surface area contributed by atoms with E-state index in [1.54, 1.807) is 6.92 Å². The molecule has 0 atom stereocenters. The van der Waals surface area contributed by atoms with Crippen LogP contribution in [0.3, 0.4) is 0 Å². The minimum absolute atomic E-state index is 0.167. The summed E-state index contributed by atoms with van der Waals surface area (Å²) in [6.45, 7) is 5.23. The summed E-state index contributed by atoms with van der Waals surface area (Å²) < 4.78 is 4.65. The van der Waals surface area contributed by atoms with E-state index in [1.165, 1.54) is 7.11 Å². The van der Waals surface area contributed by atoms with Gasteiger partial charge in [0.2, 0.25) is 0 Å². The van der Waals surface area contributed by atoms with Gasteiger partial charge in [0, 0.05) is 6.42 Å². The molecule has 0 N–H and O–H groups in total. The molecule has 76 valence electrons. The summed E-state index contributed by atoms with van der Waals surface area (Å²) in [5.41, 5.74) is -0.468. The summed E-state index contributed by atoms with van der Waals surface area (Å²) in [5.74, 6) is -0.0447. The van der Waals surface area contributed by atoms with Gasteiger partial charge in [-0.3, -0.25) is 4.79 Å². The van der Waals surface area contributed by atoms with Gasteiger partial charge in [-0.05, 0) is 33.6 Å². The summed E-state index contributed by atoms with van der Waals surface area (Å²) in [4.78, 5) is 21.9. The second-order valence-electron chi connectivity index (χ2n) is 3.93. The van der Waals surface area contributed by atoms with Gasteiger partial charge in [0.05, 0.1) is 12.5 Å². The molecule has 3 heteroatoms. The Labute approximate surface area is 79.5 Å². The lowest BCUT2D eigenvalue weighted by molar-refractivity contribution is -0.151. The lowest BCUT2D eigenvalue weighted by Crippen LogP contribution is -2.25. The Bertz CT molecular complexity index is 194. The van der Waals surface area contributed by atoms with E-state index in [1.807, 2.05) is 13.8 Å². The smallest absolute Gasteiger partial charge is 0.311 e. The number of methoxy groups -OCH3 is 1. The Hall–Kier alpha value is -0.860. The highest BCUT2D eigenvalue weighted by Gasteiger charge is 2.27. The molecule has 0 radical (unpaired) electrons. The van der Waals surface area contributed by atoms with Crippen molar-refractivity contribution in [3.63, 3.8) is 0 Å². The largest absolute Gasteiger partial charge is 0.469 e. The fraction of sp³-hybridized carbons (Fsp3) is 0.800. The molecule has 0 aromatic rings. The Balaban J connectivity index is 3.89. The van der Waals surface area contributed by atoms with E-state index >= 15 is 0 Å². The summed E-state index contributed by atoms with van der Waals surface area (Å²) in [6, 6.07) is 0. The quantitative estimate of drug-likeness (QED) is 0.616. The fourth-order valence-corrected chi connectivity index (χ4v) is 1.16. The van der Waals surface area contributed by atoms with E-state index in [4.69, 9.17) is 0 Å². The van der Waals surface area contributed by atoms with E-state index in [2.05, 4.69) is 4.74 Å². The highest BCUT2D eigenvalue weighted by Crippen LogP contribution is 2.24. The van der Waals surface area contributed by atoms with Crippen molar-refractivity contribution in [1.29, 1.82) is 0 Å². The van der Waals surface area contributed by atoms with E-state index in [0.29, 0.717) is 12.8 Å². The van der Waals surface area contributed by atoms with Gasteiger partial charge in [-0.25, -0.2) is 0 Å². The molecular formula is C10H18O3. The molecule has 0 aromatic heterocycles. The molecule has 0 unspecified atom stereocenters. The fourth-order valence-electron chi connectivity index (χ4n) is 1.16. The molecule has 0 aliphatic carbocycles. The number of ether oxygens (including phenoxy) is 1. The van der Waals surface area contributed by atoms with E-state index < -0.39 is 5.41 Å². The van der Waals surface area contributed by atoms with Crippen molar-refractivity contribution in [3.05, 3.63) is 0 Å². The number of rotatable bonds is 5. The second-order valence-corrected chi connectivity index (χ2v) is 3.93. The van der Waals surface area contributed by atoms with Gasteiger partial charge in [-0.1, -0.05) is 0 Å². The van der Waals surface area contributed by atoms with Crippen LogP contribution in [0.4, 0.5) is 0 Å². The van der Waals surface area contributed by atoms with E-state index in [0.717, 1.165) is 6.42 Å². The third kappa shape index (κ3) is 4.65. The number of esters is 1. The first-order valence-electron chi connectivity index (χ1n) is 4.48. The lowest BCUT2D eigenvalue weighted by Gasteiger charge is -2.20. The summed E-state index contributed by atoms with van der Waals surface area (Å²) >= 11 is 0. The predicted molar refractivity (Wildman–Crippen MR) is 50.3 cm³/mol. The van der Waals surface area contributed by atoms with Gasteiger partial charge < -0.3 is 9.53 Å². The number of Topliss-reactive ketones (excluding diaryl/α,β-unsaturated/α-hetero) is 1. The van der Waals surface area contributed by atoms with Gasteiger partial charge in [-0.2, -0.15) is 0 Å². The van der Waals surface area contributed by atoms with E-state index in [-0.39, 0.29) is 11.8 Å². The Morgan fingerprint density at radius 3 is 2.23 bits per heavy atom. The van der Waals surface area contributed by atoms with E-state index in [9.17, 15) is 9.59 Å². The maximum absolute atomic E-state index is 11.2. The molecule has 13 heavy (non-hydrogen) atoms. The highest BCUT2D eigenvalue weighted by molar-refractivity contribution is 5.76. The zero-order valence-corrected chi connectivity index (χ0v) is 8.85. The number of carbonyl (C=O) groups is 2. The molecule has 0 aliphatic rings. The second kappa shape index (κ2) is 5.00. The minimum Gasteiger partial charge on any atom is -0.469 e. The highest BCUT2D eigenvalue weighted by atomic mass is 16.5. The Morgan fingerprint density at radius 1 is 1.31 bits per heavy atom. The molecule has 0 saturated carbocycles. The number of hydrogen-bond acceptors (Lipinski definition) is 3.